The highest BCUT2D eigenvalue weighted by atomic mass is 31.2. The highest BCUT2D eigenvalue weighted by molar-refractivity contribution is 7.45. The zero-order valence-electron chi connectivity index (χ0n) is 13.1. The maximum Gasteiger partial charge on any atom is 0.268 e. The summed E-state index contributed by atoms with van der Waals surface area (Å²) in [7, 11) is -4.34. The summed E-state index contributed by atoms with van der Waals surface area (Å²) in [6, 6.07) is 5.59. The maximum atomic E-state index is 11.7. The Hall–Kier alpha value is -0.820. The third-order valence-electron chi connectivity index (χ3n) is 2.70. The molecule has 0 aliphatic rings. The number of hydrogen-bond acceptors (Lipinski definition) is 6. The Bertz CT molecular complexity index is 444. The monoisotopic (exact) mass is 333 g/mol. The average molecular weight is 333 g/mol. The fourth-order valence-electron chi connectivity index (χ4n) is 1.68. The van der Waals surface area contributed by atoms with Crippen molar-refractivity contribution in [1.82, 2.24) is 0 Å². The van der Waals surface area contributed by atoms with Gasteiger partial charge in [0.05, 0.1) is 13.2 Å². The van der Waals surface area contributed by atoms with Crippen LogP contribution in [0.5, 0.6) is 0 Å². The average Bonchev–Trinajstić information content (AvgIpc) is 2.51. The van der Waals surface area contributed by atoms with E-state index in [-0.39, 0.29) is 19.8 Å². The quantitative estimate of drug-likeness (QED) is 0.418. The van der Waals surface area contributed by atoms with Crippen LogP contribution in [0.4, 0.5) is 0 Å². The first-order valence-electron chi connectivity index (χ1n) is 7.31. The van der Waals surface area contributed by atoms with Crippen molar-refractivity contribution in [1.29, 1.82) is 0 Å². The third-order valence-corrected chi connectivity index (χ3v) is 3.67. The lowest BCUT2D eigenvalue weighted by atomic mass is 10.4. The predicted octanol–water partition coefficient (Wildman–Crippen LogP) is 0.917. The molecule has 0 fully saturated rings. The number of aromatic nitrogens is 1. The zero-order chi connectivity index (χ0) is 16.3. The molecule has 2 atom stereocenters. The fourth-order valence-corrected chi connectivity index (χ4v) is 2.41. The second-order valence-corrected chi connectivity index (χ2v) is 5.84. The summed E-state index contributed by atoms with van der Waals surface area (Å²) in [5.41, 5.74) is 0. The highest BCUT2D eigenvalue weighted by Crippen LogP contribution is 2.38. The van der Waals surface area contributed by atoms with Gasteiger partial charge in [0.25, 0.3) is 7.82 Å². The standard InChI is InChI=1S/C14H24NO6P/c1-3-18-12-14(19-4-2)13-21-22(16,17)20-11-10-15-8-6-5-7-9-15/h5-9,14H,3-4,10-13H2,1-2H3/t14-/m0/s1. The minimum atomic E-state index is -4.34. The number of pyridine rings is 1. The molecule has 7 nitrogen and oxygen atoms in total. The van der Waals surface area contributed by atoms with E-state index in [1.165, 1.54) is 0 Å². The molecule has 0 aromatic carbocycles. The number of ether oxygens (including phenoxy) is 2. The summed E-state index contributed by atoms with van der Waals surface area (Å²) in [5.74, 6) is 0. The summed E-state index contributed by atoms with van der Waals surface area (Å²) < 4.78 is 33.7. The van der Waals surface area contributed by atoms with Gasteiger partial charge in [-0.05, 0) is 13.8 Å². The van der Waals surface area contributed by atoms with Gasteiger partial charge in [-0.15, -0.1) is 0 Å². The molecular formula is C14H24NO6P. The molecule has 1 aromatic heterocycles. The van der Waals surface area contributed by atoms with Gasteiger partial charge in [0.15, 0.2) is 18.9 Å². The molecule has 0 spiro atoms. The van der Waals surface area contributed by atoms with Crippen LogP contribution in [0.15, 0.2) is 30.6 Å². The van der Waals surface area contributed by atoms with Gasteiger partial charge in [-0.1, -0.05) is 6.07 Å². The van der Waals surface area contributed by atoms with E-state index in [4.69, 9.17) is 18.5 Å². The van der Waals surface area contributed by atoms with E-state index >= 15 is 0 Å². The number of hydrogen-bond donors (Lipinski definition) is 0. The Balaban J connectivity index is 2.30. The Morgan fingerprint density at radius 1 is 1.09 bits per heavy atom. The lowest BCUT2D eigenvalue weighted by Crippen LogP contribution is -2.35. The first-order chi connectivity index (χ1) is 10.6. The smallest absolute Gasteiger partial charge is 0.268 e. The van der Waals surface area contributed by atoms with E-state index < -0.39 is 13.9 Å². The minimum Gasteiger partial charge on any atom is -0.756 e. The predicted molar refractivity (Wildman–Crippen MR) is 78.1 cm³/mol. The molecule has 0 bridgehead atoms. The van der Waals surface area contributed by atoms with Gasteiger partial charge in [0.1, 0.15) is 12.7 Å². The Morgan fingerprint density at radius 2 is 1.82 bits per heavy atom. The second kappa shape index (κ2) is 10.8. The number of rotatable bonds is 12. The van der Waals surface area contributed by atoms with Crippen molar-refractivity contribution in [2.75, 3.05) is 33.0 Å². The van der Waals surface area contributed by atoms with Gasteiger partial charge in [-0.25, -0.2) is 4.57 Å². The molecular weight excluding hydrogens is 309 g/mol. The van der Waals surface area contributed by atoms with Crippen LogP contribution in [0.25, 0.3) is 0 Å². The Labute approximate surface area is 131 Å². The molecule has 0 radical (unpaired) electrons. The molecule has 8 heteroatoms. The van der Waals surface area contributed by atoms with Crippen molar-refractivity contribution in [3.63, 3.8) is 0 Å². The van der Waals surface area contributed by atoms with E-state index in [1.54, 1.807) is 0 Å². The molecule has 0 saturated carbocycles. The van der Waals surface area contributed by atoms with Crippen LogP contribution in [0.2, 0.25) is 0 Å². The second-order valence-electron chi connectivity index (χ2n) is 4.43. The van der Waals surface area contributed by atoms with Crippen LogP contribution >= 0.6 is 7.82 Å². The molecule has 1 heterocycles. The molecule has 1 rings (SSSR count). The molecule has 0 aliphatic heterocycles. The lowest BCUT2D eigenvalue weighted by molar-refractivity contribution is -0.697. The van der Waals surface area contributed by atoms with Gasteiger partial charge in [0.2, 0.25) is 0 Å². The van der Waals surface area contributed by atoms with E-state index in [0.29, 0.717) is 19.8 Å². The number of nitrogens with zero attached hydrogens (tertiary/aromatic N) is 1. The minimum absolute atomic E-state index is 0.0141. The van der Waals surface area contributed by atoms with Gasteiger partial charge >= 0.3 is 0 Å². The van der Waals surface area contributed by atoms with E-state index in [0.717, 1.165) is 0 Å². The summed E-state index contributed by atoms with van der Waals surface area (Å²) in [5, 5.41) is 0. The van der Waals surface area contributed by atoms with E-state index in [9.17, 15) is 9.46 Å². The summed E-state index contributed by atoms with van der Waals surface area (Å²) in [6.07, 6.45) is 3.22. The SMILES string of the molecule is CCOC[C@@H](COP(=O)([O-])OCC[n+]1ccccc1)OCC. The summed E-state index contributed by atoms with van der Waals surface area (Å²) in [6.45, 7) is 5.26. The van der Waals surface area contributed by atoms with Crippen molar-refractivity contribution < 1.29 is 32.5 Å². The van der Waals surface area contributed by atoms with Gasteiger partial charge in [0, 0.05) is 25.3 Å². The molecule has 1 aromatic rings. The Kier molecular flexibility index (Phi) is 9.47. The van der Waals surface area contributed by atoms with Crippen LogP contribution in [-0.2, 0) is 29.6 Å². The molecule has 0 amide bonds. The first kappa shape index (κ1) is 19.2. The molecule has 0 saturated heterocycles. The van der Waals surface area contributed by atoms with Crippen LogP contribution in [0, 0.1) is 0 Å². The highest BCUT2D eigenvalue weighted by Gasteiger charge is 2.16. The molecule has 0 N–H and O–H groups in total. The van der Waals surface area contributed by atoms with E-state index in [1.807, 2.05) is 49.0 Å². The van der Waals surface area contributed by atoms with Crippen molar-refractivity contribution in [2.45, 2.75) is 26.5 Å². The number of phosphoric acid groups is 1. The van der Waals surface area contributed by atoms with Crippen molar-refractivity contribution >= 4 is 7.82 Å². The summed E-state index contributed by atoms with van der Waals surface area (Å²) >= 11 is 0. The molecule has 1 unspecified atom stereocenters. The third kappa shape index (κ3) is 8.58. The van der Waals surface area contributed by atoms with Crippen molar-refractivity contribution in [2.24, 2.45) is 0 Å². The fraction of sp³-hybridized carbons (Fsp3) is 0.643. The lowest BCUT2D eigenvalue weighted by Gasteiger charge is -2.25. The maximum absolute atomic E-state index is 11.7. The summed E-state index contributed by atoms with van der Waals surface area (Å²) in [4.78, 5) is 11.7. The first-order valence-corrected chi connectivity index (χ1v) is 8.77. The van der Waals surface area contributed by atoms with Gasteiger partial charge in [-0.2, -0.15) is 0 Å². The van der Waals surface area contributed by atoms with Crippen LogP contribution in [0.3, 0.4) is 0 Å². The van der Waals surface area contributed by atoms with E-state index in [2.05, 4.69) is 0 Å². The molecule has 22 heavy (non-hydrogen) atoms. The van der Waals surface area contributed by atoms with Crippen LogP contribution in [0.1, 0.15) is 13.8 Å². The normalized spacial score (nSPS) is 15.4. The van der Waals surface area contributed by atoms with Crippen LogP contribution < -0.4 is 9.46 Å². The van der Waals surface area contributed by atoms with Crippen molar-refractivity contribution in [3.8, 4) is 0 Å². The van der Waals surface area contributed by atoms with Gasteiger partial charge < -0.3 is 23.4 Å². The van der Waals surface area contributed by atoms with Crippen molar-refractivity contribution in [3.05, 3.63) is 30.6 Å². The zero-order valence-corrected chi connectivity index (χ0v) is 13.9. The number of phosphoric ester groups is 1. The largest absolute Gasteiger partial charge is 0.756 e. The van der Waals surface area contributed by atoms with Crippen LogP contribution in [-0.4, -0.2) is 39.1 Å². The molecule has 126 valence electrons. The Morgan fingerprint density at radius 3 is 2.45 bits per heavy atom. The van der Waals surface area contributed by atoms with Gasteiger partial charge in [-0.3, -0.25) is 4.57 Å². The topological polar surface area (TPSA) is 80.9 Å². The molecule has 0 aliphatic carbocycles.